The van der Waals surface area contributed by atoms with E-state index in [-0.39, 0.29) is 18.5 Å². The van der Waals surface area contributed by atoms with E-state index >= 15 is 0 Å². The summed E-state index contributed by atoms with van der Waals surface area (Å²) in [5, 5.41) is 17.9. The van der Waals surface area contributed by atoms with Crippen LogP contribution < -0.4 is 4.90 Å². The third kappa shape index (κ3) is 2.70. The van der Waals surface area contributed by atoms with Crippen molar-refractivity contribution in [2.45, 2.75) is 24.7 Å². The van der Waals surface area contributed by atoms with Crippen LogP contribution in [0.3, 0.4) is 0 Å². The van der Waals surface area contributed by atoms with Crippen molar-refractivity contribution in [2.75, 3.05) is 11.4 Å². The van der Waals surface area contributed by atoms with Crippen molar-refractivity contribution in [3.63, 3.8) is 0 Å². The molecule has 130 valence electrons. The molecule has 1 aliphatic rings. The highest BCUT2D eigenvalue weighted by molar-refractivity contribution is 5.65. The monoisotopic (exact) mass is 349 g/mol. The van der Waals surface area contributed by atoms with Gasteiger partial charge in [0.05, 0.1) is 17.7 Å². The van der Waals surface area contributed by atoms with Crippen molar-refractivity contribution in [1.82, 2.24) is 19.6 Å². The minimum atomic E-state index is -4.47. The van der Waals surface area contributed by atoms with E-state index in [0.717, 1.165) is 6.07 Å². The number of aliphatic hydroxyl groups is 1. The van der Waals surface area contributed by atoms with Crippen LogP contribution in [0.5, 0.6) is 0 Å². The fraction of sp³-hybridized carbons (Fsp3) is 0.312. The Morgan fingerprint density at radius 2 is 2.00 bits per heavy atom. The summed E-state index contributed by atoms with van der Waals surface area (Å²) in [4.78, 5) is 5.94. The molecular weight excluding hydrogens is 335 g/mol. The predicted octanol–water partition coefficient (Wildman–Crippen LogP) is 2.46. The standard InChI is InChI=1S/C16H14F3N5O/c17-16(18,19)12-4-2-1-3-11(12)13-7-10(25)8-24(13)14-15-22-21-9-23(15)6-5-20-14/h1-6,9-10,13,25H,7-8H2/t10-,13+/m1/s1. The minimum absolute atomic E-state index is 0.120. The van der Waals surface area contributed by atoms with Crippen LogP contribution in [0.4, 0.5) is 19.0 Å². The average molecular weight is 349 g/mol. The molecule has 2 atom stereocenters. The molecule has 0 saturated carbocycles. The zero-order chi connectivity index (χ0) is 17.6. The number of alkyl halides is 3. The summed E-state index contributed by atoms with van der Waals surface area (Å²) in [5.74, 6) is 0.401. The van der Waals surface area contributed by atoms with Crippen molar-refractivity contribution >= 4 is 11.5 Å². The van der Waals surface area contributed by atoms with Gasteiger partial charge in [-0.3, -0.25) is 4.40 Å². The summed E-state index contributed by atoms with van der Waals surface area (Å²) in [6.45, 7) is 0.177. The van der Waals surface area contributed by atoms with Gasteiger partial charge < -0.3 is 10.0 Å². The SMILES string of the molecule is O[C@@H]1C[C@@H](c2ccccc2C(F)(F)F)N(c2nccn3cnnc23)C1. The molecule has 0 bridgehead atoms. The second-order valence-electron chi connectivity index (χ2n) is 5.96. The number of rotatable bonds is 2. The zero-order valence-electron chi connectivity index (χ0n) is 12.9. The summed E-state index contributed by atoms with van der Waals surface area (Å²) >= 11 is 0. The molecule has 1 aromatic carbocycles. The number of aromatic nitrogens is 4. The van der Waals surface area contributed by atoms with E-state index in [1.165, 1.54) is 24.7 Å². The summed E-state index contributed by atoms with van der Waals surface area (Å²) < 4.78 is 41.9. The Balaban J connectivity index is 1.84. The molecule has 1 saturated heterocycles. The van der Waals surface area contributed by atoms with Crippen LogP contribution in [0, 0.1) is 0 Å². The topological polar surface area (TPSA) is 66.5 Å². The minimum Gasteiger partial charge on any atom is -0.391 e. The molecule has 1 fully saturated rings. The lowest BCUT2D eigenvalue weighted by molar-refractivity contribution is -0.138. The van der Waals surface area contributed by atoms with Gasteiger partial charge in [-0.1, -0.05) is 18.2 Å². The Morgan fingerprint density at radius 3 is 2.80 bits per heavy atom. The molecule has 9 heteroatoms. The maximum Gasteiger partial charge on any atom is 0.416 e. The fourth-order valence-corrected chi connectivity index (χ4v) is 3.34. The summed E-state index contributed by atoms with van der Waals surface area (Å²) in [5.41, 5.74) is -0.145. The highest BCUT2D eigenvalue weighted by atomic mass is 19.4. The van der Waals surface area contributed by atoms with Crippen LogP contribution in [0.25, 0.3) is 5.65 Å². The second kappa shape index (κ2) is 5.69. The molecule has 0 aliphatic carbocycles. The van der Waals surface area contributed by atoms with Gasteiger partial charge in [-0.05, 0) is 18.1 Å². The Labute approximate surface area is 140 Å². The lowest BCUT2D eigenvalue weighted by Crippen LogP contribution is -2.27. The Kier molecular flexibility index (Phi) is 3.60. The first-order chi connectivity index (χ1) is 11.9. The molecule has 1 aliphatic heterocycles. The molecule has 1 N–H and O–H groups in total. The molecule has 3 aromatic rings. The average Bonchev–Trinajstić information content (AvgIpc) is 3.20. The third-order valence-electron chi connectivity index (χ3n) is 4.37. The number of benzene rings is 1. The third-order valence-corrected chi connectivity index (χ3v) is 4.37. The lowest BCUT2D eigenvalue weighted by atomic mass is 9.97. The van der Waals surface area contributed by atoms with Gasteiger partial charge in [-0.15, -0.1) is 10.2 Å². The van der Waals surface area contributed by atoms with Gasteiger partial charge in [-0.25, -0.2) is 4.98 Å². The van der Waals surface area contributed by atoms with E-state index in [9.17, 15) is 18.3 Å². The van der Waals surface area contributed by atoms with E-state index in [2.05, 4.69) is 15.2 Å². The molecule has 3 heterocycles. The maximum absolute atomic E-state index is 13.4. The van der Waals surface area contributed by atoms with Crippen LogP contribution in [-0.4, -0.2) is 37.3 Å². The number of anilines is 1. The molecular formula is C16H14F3N5O. The van der Waals surface area contributed by atoms with Crippen LogP contribution in [0.2, 0.25) is 0 Å². The van der Waals surface area contributed by atoms with Crippen molar-refractivity contribution < 1.29 is 18.3 Å². The second-order valence-corrected chi connectivity index (χ2v) is 5.96. The molecule has 25 heavy (non-hydrogen) atoms. The summed E-state index contributed by atoms with van der Waals surface area (Å²) in [7, 11) is 0. The van der Waals surface area contributed by atoms with Crippen LogP contribution in [-0.2, 0) is 6.18 Å². The number of hydrogen-bond acceptors (Lipinski definition) is 5. The number of aliphatic hydroxyl groups excluding tert-OH is 1. The van der Waals surface area contributed by atoms with Gasteiger partial charge >= 0.3 is 6.18 Å². The first kappa shape index (κ1) is 15.8. The molecule has 4 rings (SSSR count). The number of β-amino-alcohol motifs (C(OH)–C–C–N with tert-alkyl or cyclic N) is 1. The van der Waals surface area contributed by atoms with Crippen LogP contribution in [0.1, 0.15) is 23.6 Å². The van der Waals surface area contributed by atoms with E-state index in [1.807, 2.05) is 0 Å². The molecule has 0 unspecified atom stereocenters. The van der Waals surface area contributed by atoms with Gasteiger partial charge in [0, 0.05) is 18.9 Å². The van der Waals surface area contributed by atoms with E-state index in [4.69, 9.17) is 0 Å². The van der Waals surface area contributed by atoms with Crippen molar-refractivity contribution in [3.05, 3.63) is 54.1 Å². The Bertz CT molecular complexity index is 910. The number of fused-ring (bicyclic) bond motifs is 1. The molecule has 0 spiro atoms. The smallest absolute Gasteiger partial charge is 0.391 e. The molecule has 0 radical (unpaired) electrons. The first-order valence-electron chi connectivity index (χ1n) is 7.70. The normalized spacial score (nSPS) is 21.2. The van der Waals surface area contributed by atoms with Crippen molar-refractivity contribution in [3.8, 4) is 0 Å². The van der Waals surface area contributed by atoms with E-state index in [1.54, 1.807) is 21.6 Å². The van der Waals surface area contributed by atoms with E-state index in [0.29, 0.717) is 11.5 Å². The lowest BCUT2D eigenvalue weighted by Gasteiger charge is -2.27. The predicted molar refractivity (Wildman–Crippen MR) is 82.9 cm³/mol. The fourth-order valence-electron chi connectivity index (χ4n) is 3.34. The Hall–Kier alpha value is -2.68. The highest BCUT2D eigenvalue weighted by Crippen LogP contribution is 2.42. The highest BCUT2D eigenvalue weighted by Gasteiger charge is 2.40. The van der Waals surface area contributed by atoms with Crippen molar-refractivity contribution in [2.24, 2.45) is 0 Å². The Morgan fingerprint density at radius 1 is 1.20 bits per heavy atom. The van der Waals surface area contributed by atoms with Crippen molar-refractivity contribution in [1.29, 1.82) is 0 Å². The number of nitrogens with zero attached hydrogens (tertiary/aromatic N) is 5. The molecule has 6 nitrogen and oxygen atoms in total. The van der Waals surface area contributed by atoms with E-state index < -0.39 is 23.9 Å². The maximum atomic E-state index is 13.4. The molecule has 0 amide bonds. The van der Waals surface area contributed by atoms with Gasteiger partial charge in [0.1, 0.15) is 6.33 Å². The van der Waals surface area contributed by atoms with Gasteiger partial charge in [-0.2, -0.15) is 13.2 Å². The quantitative estimate of drug-likeness (QED) is 0.770. The van der Waals surface area contributed by atoms with Crippen LogP contribution >= 0.6 is 0 Å². The number of hydrogen-bond donors (Lipinski definition) is 1. The summed E-state index contributed by atoms with van der Waals surface area (Å²) in [6.07, 6.45) is -0.358. The summed E-state index contributed by atoms with van der Waals surface area (Å²) in [6, 6.07) is 4.78. The van der Waals surface area contributed by atoms with Crippen LogP contribution in [0.15, 0.2) is 43.0 Å². The first-order valence-corrected chi connectivity index (χ1v) is 7.70. The van der Waals surface area contributed by atoms with Gasteiger partial charge in [0.15, 0.2) is 5.82 Å². The largest absolute Gasteiger partial charge is 0.416 e. The number of halogens is 3. The van der Waals surface area contributed by atoms with Gasteiger partial charge in [0.2, 0.25) is 5.65 Å². The molecule has 2 aromatic heterocycles. The zero-order valence-corrected chi connectivity index (χ0v) is 12.9. The van der Waals surface area contributed by atoms with Gasteiger partial charge in [0.25, 0.3) is 0 Å².